The molecule has 38 heavy (non-hydrogen) atoms. The first-order chi connectivity index (χ1) is 18.1. The highest BCUT2D eigenvalue weighted by atomic mass is 127. The number of thioether (sulfide) groups is 1. The van der Waals surface area contributed by atoms with Gasteiger partial charge in [-0.25, -0.2) is 0 Å². The number of rotatable bonds is 8. The van der Waals surface area contributed by atoms with E-state index in [0.29, 0.717) is 23.0 Å². The maximum Gasteiger partial charge on any atom is 0.318 e. The van der Waals surface area contributed by atoms with Crippen molar-refractivity contribution in [1.82, 2.24) is 4.90 Å². The van der Waals surface area contributed by atoms with E-state index in [1.54, 1.807) is 42.5 Å². The Labute approximate surface area is 232 Å². The summed E-state index contributed by atoms with van der Waals surface area (Å²) in [6.07, 6.45) is 1.37. The Morgan fingerprint density at radius 1 is 1.00 bits per heavy atom. The van der Waals surface area contributed by atoms with Crippen LogP contribution in [-0.2, 0) is 9.59 Å². The lowest BCUT2D eigenvalue weighted by atomic mass is 10.1. The van der Waals surface area contributed by atoms with Crippen LogP contribution in [0.15, 0.2) is 71.6 Å². The van der Waals surface area contributed by atoms with E-state index in [1.807, 2.05) is 0 Å². The van der Waals surface area contributed by atoms with E-state index in [9.17, 15) is 34.6 Å². The molecule has 192 valence electrons. The molecule has 0 aromatic heterocycles. The summed E-state index contributed by atoms with van der Waals surface area (Å²) in [6, 6.07) is 16.2. The molecule has 0 atom stereocenters. The highest BCUT2D eigenvalue weighted by molar-refractivity contribution is 14.1. The Hall–Kier alpha value is -4.31. The van der Waals surface area contributed by atoms with Crippen molar-refractivity contribution in [2.45, 2.75) is 0 Å². The van der Waals surface area contributed by atoms with Crippen molar-refractivity contribution < 1.29 is 29.0 Å². The largest absolute Gasteiger partial charge is 0.449 e. The van der Waals surface area contributed by atoms with Crippen molar-refractivity contribution in [2.75, 3.05) is 11.9 Å². The molecule has 12 nitrogen and oxygen atoms in total. The first-order valence-corrected chi connectivity index (χ1v) is 12.5. The Balaban J connectivity index is 1.54. The molecule has 4 rings (SSSR count). The third-order valence-electron chi connectivity index (χ3n) is 5.08. The lowest BCUT2D eigenvalue weighted by Crippen LogP contribution is -2.36. The summed E-state index contributed by atoms with van der Waals surface area (Å²) in [4.78, 5) is 59.5. The number of nitrogens with one attached hydrogen (secondary N) is 1. The summed E-state index contributed by atoms with van der Waals surface area (Å²) < 4.78 is 6.66. The Morgan fingerprint density at radius 3 is 2.39 bits per heavy atom. The second kappa shape index (κ2) is 11.4. The van der Waals surface area contributed by atoms with Crippen molar-refractivity contribution in [3.05, 3.63) is 101 Å². The minimum atomic E-state index is -0.808. The SMILES string of the molecule is O=C(CN1C(=O)S/C(=C\c2ccccc2Oc2ccc([N+](=O)[O-])cc2[N+](=O)[O-])C1=O)Nc1ccc(I)cc1. The number of ether oxygens (including phenoxy) is 1. The van der Waals surface area contributed by atoms with Gasteiger partial charge in [0.15, 0.2) is 0 Å². The number of nitrogens with zero attached hydrogens (tertiary/aromatic N) is 3. The van der Waals surface area contributed by atoms with Crippen molar-refractivity contribution in [3.63, 3.8) is 0 Å². The predicted octanol–water partition coefficient (Wildman–Crippen LogP) is 5.57. The lowest BCUT2D eigenvalue weighted by molar-refractivity contribution is -0.394. The maximum absolute atomic E-state index is 12.9. The topological polar surface area (TPSA) is 162 Å². The van der Waals surface area contributed by atoms with Gasteiger partial charge in [0.25, 0.3) is 16.8 Å². The standard InChI is InChI=1S/C24H15IN4O8S/c25-15-5-7-16(8-6-15)26-22(30)13-27-23(31)21(38-24(27)32)11-14-3-1-2-4-19(14)37-20-10-9-17(28(33)34)12-18(20)29(35)36/h1-12H,13H2,(H,26,30)/b21-11-. The number of halogens is 1. The summed E-state index contributed by atoms with van der Waals surface area (Å²) in [5, 5.41) is 24.4. The number of carbonyl (C=O) groups excluding carboxylic acids is 3. The van der Waals surface area contributed by atoms with Crippen LogP contribution in [0.5, 0.6) is 11.5 Å². The molecule has 3 amide bonds. The first kappa shape index (κ1) is 26.7. The zero-order valence-corrected chi connectivity index (χ0v) is 22.0. The molecule has 1 fully saturated rings. The van der Waals surface area contributed by atoms with Crippen molar-refractivity contribution in [2.24, 2.45) is 0 Å². The number of anilines is 1. The van der Waals surface area contributed by atoms with Crippen LogP contribution in [0.3, 0.4) is 0 Å². The number of nitro benzene ring substituents is 2. The quantitative estimate of drug-likeness (QED) is 0.143. The molecule has 1 heterocycles. The fourth-order valence-corrected chi connectivity index (χ4v) is 4.50. The van der Waals surface area contributed by atoms with E-state index >= 15 is 0 Å². The van der Waals surface area contributed by atoms with Gasteiger partial charge in [0, 0.05) is 20.9 Å². The number of para-hydroxylation sites is 1. The van der Waals surface area contributed by atoms with Crippen LogP contribution in [0.2, 0.25) is 0 Å². The average molecular weight is 646 g/mol. The highest BCUT2D eigenvalue weighted by Gasteiger charge is 2.36. The molecule has 1 aliphatic heterocycles. The second-order valence-electron chi connectivity index (χ2n) is 7.63. The second-order valence-corrected chi connectivity index (χ2v) is 9.87. The molecule has 0 spiro atoms. The van der Waals surface area contributed by atoms with Gasteiger partial charge in [0.2, 0.25) is 11.7 Å². The number of hydrogen-bond acceptors (Lipinski definition) is 9. The monoisotopic (exact) mass is 646 g/mol. The minimum Gasteiger partial charge on any atom is -0.449 e. The summed E-state index contributed by atoms with van der Waals surface area (Å²) >= 11 is 2.75. The Bertz CT molecular complexity index is 1510. The normalized spacial score (nSPS) is 14.0. The van der Waals surface area contributed by atoms with E-state index in [2.05, 4.69) is 27.9 Å². The van der Waals surface area contributed by atoms with Gasteiger partial charge in [-0.1, -0.05) is 18.2 Å². The van der Waals surface area contributed by atoms with Gasteiger partial charge in [-0.3, -0.25) is 39.5 Å². The van der Waals surface area contributed by atoms with Crippen molar-refractivity contribution in [3.8, 4) is 11.5 Å². The van der Waals surface area contributed by atoms with Gasteiger partial charge in [0.1, 0.15) is 12.3 Å². The molecule has 3 aromatic carbocycles. The van der Waals surface area contributed by atoms with E-state index in [4.69, 9.17) is 4.74 Å². The maximum atomic E-state index is 12.9. The number of nitro groups is 2. The third kappa shape index (κ3) is 6.15. The minimum absolute atomic E-state index is 0.0197. The van der Waals surface area contributed by atoms with Gasteiger partial charge in [-0.05, 0) is 76.8 Å². The molecule has 0 bridgehead atoms. The summed E-state index contributed by atoms with van der Waals surface area (Å²) in [5.74, 6) is -1.38. The molecular formula is C24H15IN4O8S. The van der Waals surface area contributed by atoms with Crippen LogP contribution < -0.4 is 10.1 Å². The molecule has 1 saturated heterocycles. The van der Waals surface area contributed by atoms with Crippen LogP contribution in [0.25, 0.3) is 6.08 Å². The van der Waals surface area contributed by atoms with E-state index in [0.717, 1.165) is 26.7 Å². The van der Waals surface area contributed by atoms with E-state index in [-0.39, 0.29) is 16.4 Å². The lowest BCUT2D eigenvalue weighted by Gasteiger charge is -2.12. The molecule has 1 N–H and O–H groups in total. The molecule has 0 radical (unpaired) electrons. The average Bonchev–Trinajstić information content (AvgIpc) is 3.13. The number of hydrogen-bond donors (Lipinski definition) is 1. The highest BCUT2D eigenvalue weighted by Crippen LogP contribution is 2.38. The summed E-state index contributed by atoms with van der Waals surface area (Å²) in [7, 11) is 0. The van der Waals surface area contributed by atoms with Crippen LogP contribution >= 0.6 is 34.4 Å². The number of carbonyl (C=O) groups is 3. The van der Waals surface area contributed by atoms with E-state index in [1.165, 1.54) is 12.1 Å². The van der Waals surface area contributed by atoms with Crippen LogP contribution in [0.4, 0.5) is 21.9 Å². The molecule has 14 heteroatoms. The number of amides is 3. The Kier molecular flexibility index (Phi) is 8.02. The number of non-ortho nitro benzene ring substituents is 1. The molecular weight excluding hydrogens is 631 g/mol. The zero-order valence-electron chi connectivity index (χ0n) is 19.0. The molecule has 0 aliphatic carbocycles. The molecule has 3 aromatic rings. The van der Waals surface area contributed by atoms with Gasteiger partial charge in [0.05, 0.1) is 20.8 Å². The van der Waals surface area contributed by atoms with Crippen molar-refractivity contribution >= 4 is 74.5 Å². The fourth-order valence-electron chi connectivity index (χ4n) is 3.31. The molecule has 0 saturated carbocycles. The van der Waals surface area contributed by atoms with E-state index < -0.39 is 44.8 Å². The van der Waals surface area contributed by atoms with Crippen LogP contribution in [0.1, 0.15) is 5.56 Å². The Morgan fingerprint density at radius 2 is 1.71 bits per heavy atom. The van der Waals surface area contributed by atoms with Gasteiger partial charge >= 0.3 is 5.69 Å². The molecule has 0 unspecified atom stereocenters. The number of imide groups is 1. The number of benzene rings is 3. The van der Waals surface area contributed by atoms with Crippen molar-refractivity contribution in [1.29, 1.82) is 0 Å². The van der Waals surface area contributed by atoms with Gasteiger partial charge < -0.3 is 10.1 Å². The third-order valence-corrected chi connectivity index (χ3v) is 6.71. The van der Waals surface area contributed by atoms with Crippen LogP contribution in [-0.4, -0.2) is 38.3 Å². The van der Waals surface area contributed by atoms with Gasteiger partial charge in [-0.2, -0.15) is 0 Å². The first-order valence-electron chi connectivity index (χ1n) is 10.6. The van der Waals surface area contributed by atoms with Gasteiger partial charge in [-0.15, -0.1) is 0 Å². The predicted molar refractivity (Wildman–Crippen MR) is 147 cm³/mol. The summed E-state index contributed by atoms with van der Waals surface area (Å²) in [5.41, 5.74) is -0.260. The zero-order chi connectivity index (χ0) is 27.4. The molecule has 1 aliphatic rings. The van der Waals surface area contributed by atoms with Crippen LogP contribution in [0, 0.1) is 23.8 Å². The fraction of sp³-hybridized carbons (Fsp3) is 0.0417. The smallest absolute Gasteiger partial charge is 0.318 e. The summed E-state index contributed by atoms with van der Waals surface area (Å²) in [6.45, 7) is -0.485.